The van der Waals surface area contributed by atoms with Gasteiger partial charge in [0.2, 0.25) is 0 Å². The lowest BCUT2D eigenvalue weighted by molar-refractivity contribution is 0.294. The molecule has 0 aliphatic carbocycles. The van der Waals surface area contributed by atoms with Crippen LogP contribution in [0.25, 0.3) is 0 Å². The van der Waals surface area contributed by atoms with E-state index in [4.69, 9.17) is 0 Å². The highest BCUT2D eigenvalue weighted by molar-refractivity contribution is 9.10. The molecule has 1 aromatic carbocycles. The molecule has 0 spiro atoms. The van der Waals surface area contributed by atoms with Crippen molar-refractivity contribution in [2.24, 2.45) is 5.92 Å². The third-order valence-electron chi connectivity index (χ3n) is 3.50. The van der Waals surface area contributed by atoms with Crippen LogP contribution in [-0.2, 0) is 13.1 Å². The minimum Gasteiger partial charge on any atom is -0.312 e. The first-order chi connectivity index (χ1) is 9.65. The van der Waals surface area contributed by atoms with Crippen LogP contribution < -0.4 is 5.32 Å². The van der Waals surface area contributed by atoms with E-state index in [1.165, 1.54) is 40.2 Å². The smallest absolute Gasteiger partial charge is 0.0245 e. The Bertz CT molecular complexity index is 417. The molecule has 0 aromatic heterocycles. The van der Waals surface area contributed by atoms with Gasteiger partial charge in [-0.05, 0) is 29.7 Å². The lowest BCUT2D eigenvalue weighted by Crippen LogP contribution is -2.32. The van der Waals surface area contributed by atoms with Crippen molar-refractivity contribution in [3.05, 3.63) is 33.8 Å². The summed E-state index contributed by atoms with van der Waals surface area (Å²) < 4.78 is 1.25. The van der Waals surface area contributed by atoms with E-state index in [0.29, 0.717) is 5.92 Å². The van der Waals surface area contributed by atoms with Crippen LogP contribution in [0.5, 0.6) is 0 Å². The highest BCUT2D eigenvalue weighted by Crippen LogP contribution is 2.22. The topological polar surface area (TPSA) is 15.3 Å². The molecular formula is C16H25BrN2S. The van der Waals surface area contributed by atoms with Gasteiger partial charge >= 0.3 is 0 Å². The first kappa shape index (κ1) is 16.3. The van der Waals surface area contributed by atoms with E-state index in [1.807, 2.05) is 0 Å². The minimum atomic E-state index is 0.703. The van der Waals surface area contributed by atoms with Gasteiger partial charge in [0, 0.05) is 42.2 Å². The average Bonchev–Trinajstić information content (AvgIpc) is 2.42. The summed E-state index contributed by atoms with van der Waals surface area (Å²) >= 11 is 5.80. The molecule has 2 nitrogen and oxygen atoms in total. The summed E-state index contributed by atoms with van der Waals surface area (Å²) in [5.74, 6) is 3.25. The third-order valence-corrected chi connectivity index (χ3v) is 5.18. The Morgan fingerprint density at radius 1 is 1.30 bits per heavy atom. The predicted molar refractivity (Wildman–Crippen MR) is 93.3 cm³/mol. The summed E-state index contributed by atoms with van der Waals surface area (Å²) in [7, 11) is 0. The Morgan fingerprint density at radius 2 is 2.05 bits per heavy atom. The second kappa shape index (κ2) is 8.42. The minimum absolute atomic E-state index is 0.703. The number of rotatable bonds is 6. The maximum atomic E-state index is 3.74. The first-order valence-electron chi connectivity index (χ1n) is 7.43. The van der Waals surface area contributed by atoms with E-state index in [2.05, 4.69) is 70.0 Å². The number of nitrogens with zero attached hydrogens (tertiary/aromatic N) is 1. The fraction of sp³-hybridized carbons (Fsp3) is 0.625. The fourth-order valence-electron chi connectivity index (χ4n) is 2.33. The average molecular weight is 357 g/mol. The molecule has 0 bridgehead atoms. The highest BCUT2D eigenvalue weighted by atomic mass is 79.9. The van der Waals surface area contributed by atoms with Crippen molar-refractivity contribution in [3.63, 3.8) is 0 Å². The summed E-state index contributed by atoms with van der Waals surface area (Å²) in [6, 6.07) is 6.80. The number of benzene rings is 1. The van der Waals surface area contributed by atoms with Crippen molar-refractivity contribution < 1.29 is 0 Å². The standard InChI is InChI=1S/C16H25BrN2S/c1-13(2)10-18-11-14-3-4-15(16(17)9-14)12-19-5-7-20-8-6-19/h3-4,9,13,18H,5-8,10-12H2,1-2H3. The van der Waals surface area contributed by atoms with Gasteiger partial charge in [0.15, 0.2) is 0 Å². The van der Waals surface area contributed by atoms with E-state index < -0.39 is 0 Å². The van der Waals surface area contributed by atoms with Crippen LogP contribution in [0.4, 0.5) is 0 Å². The molecule has 1 saturated heterocycles. The number of hydrogen-bond donors (Lipinski definition) is 1. The summed E-state index contributed by atoms with van der Waals surface area (Å²) in [5.41, 5.74) is 2.76. The Kier molecular flexibility index (Phi) is 6.88. The number of nitrogens with one attached hydrogen (secondary N) is 1. The van der Waals surface area contributed by atoms with Crippen molar-refractivity contribution in [3.8, 4) is 0 Å². The lowest BCUT2D eigenvalue weighted by Gasteiger charge is -2.26. The molecule has 20 heavy (non-hydrogen) atoms. The van der Waals surface area contributed by atoms with E-state index in [9.17, 15) is 0 Å². The SMILES string of the molecule is CC(C)CNCc1ccc(CN2CCSCC2)c(Br)c1. The van der Waals surface area contributed by atoms with Gasteiger partial charge in [-0.2, -0.15) is 11.8 Å². The van der Waals surface area contributed by atoms with Gasteiger partial charge < -0.3 is 5.32 Å². The van der Waals surface area contributed by atoms with Gasteiger partial charge in [0.05, 0.1) is 0 Å². The van der Waals surface area contributed by atoms with Crippen molar-refractivity contribution in [2.75, 3.05) is 31.1 Å². The number of halogens is 1. The number of thioether (sulfide) groups is 1. The summed E-state index contributed by atoms with van der Waals surface area (Å²) in [6.07, 6.45) is 0. The fourth-order valence-corrected chi connectivity index (χ4v) is 3.86. The Hall–Kier alpha value is -0.0300. The van der Waals surface area contributed by atoms with E-state index >= 15 is 0 Å². The van der Waals surface area contributed by atoms with Crippen LogP contribution in [0, 0.1) is 5.92 Å². The van der Waals surface area contributed by atoms with Crippen molar-refractivity contribution in [1.82, 2.24) is 10.2 Å². The molecule has 1 heterocycles. The normalized spacial score (nSPS) is 16.8. The van der Waals surface area contributed by atoms with Gasteiger partial charge in [-0.15, -0.1) is 0 Å². The summed E-state index contributed by atoms with van der Waals surface area (Å²) in [6.45, 7) is 10.0. The second-order valence-corrected chi connectivity index (χ2v) is 7.92. The van der Waals surface area contributed by atoms with E-state index in [0.717, 1.165) is 19.6 Å². The lowest BCUT2D eigenvalue weighted by atomic mass is 10.1. The molecule has 0 radical (unpaired) electrons. The van der Waals surface area contributed by atoms with Crippen LogP contribution in [0.2, 0.25) is 0 Å². The first-order valence-corrected chi connectivity index (χ1v) is 9.38. The molecule has 0 saturated carbocycles. The van der Waals surface area contributed by atoms with Gasteiger partial charge in [0.25, 0.3) is 0 Å². The number of hydrogen-bond acceptors (Lipinski definition) is 3. The van der Waals surface area contributed by atoms with E-state index in [-0.39, 0.29) is 0 Å². The zero-order valence-electron chi connectivity index (χ0n) is 12.5. The molecule has 1 fully saturated rings. The van der Waals surface area contributed by atoms with Crippen molar-refractivity contribution in [1.29, 1.82) is 0 Å². The largest absolute Gasteiger partial charge is 0.312 e. The van der Waals surface area contributed by atoms with Gasteiger partial charge in [-0.1, -0.05) is 41.9 Å². The molecular weight excluding hydrogens is 332 g/mol. The summed E-state index contributed by atoms with van der Waals surface area (Å²) in [4.78, 5) is 2.55. The molecule has 0 amide bonds. The molecule has 1 N–H and O–H groups in total. The van der Waals surface area contributed by atoms with Crippen LogP contribution in [-0.4, -0.2) is 36.0 Å². The monoisotopic (exact) mass is 356 g/mol. The quantitative estimate of drug-likeness (QED) is 0.835. The van der Waals surface area contributed by atoms with Crippen LogP contribution in [0.15, 0.2) is 22.7 Å². The second-order valence-electron chi connectivity index (χ2n) is 5.84. The molecule has 2 rings (SSSR count). The zero-order valence-corrected chi connectivity index (χ0v) is 14.9. The van der Waals surface area contributed by atoms with Crippen LogP contribution >= 0.6 is 27.7 Å². The van der Waals surface area contributed by atoms with Crippen LogP contribution in [0.3, 0.4) is 0 Å². The summed E-state index contributed by atoms with van der Waals surface area (Å²) in [5, 5.41) is 3.50. The molecule has 112 valence electrons. The molecule has 0 unspecified atom stereocenters. The van der Waals surface area contributed by atoms with Crippen LogP contribution in [0.1, 0.15) is 25.0 Å². The maximum Gasteiger partial charge on any atom is 0.0245 e. The van der Waals surface area contributed by atoms with Crippen molar-refractivity contribution >= 4 is 27.7 Å². The van der Waals surface area contributed by atoms with Gasteiger partial charge in [-0.3, -0.25) is 4.90 Å². The Morgan fingerprint density at radius 3 is 2.70 bits per heavy atom. The molecule has 0 atom stereocenters. The van der Waals surface area contributed by atoms with Gasteiger partial charge in [-0.25, -0.2) is 0 Å². The molecule has 4 heteroatoms. The molecule has 1 aliphatic heterocycles. The molecule has 1 aliphatic rings. The highest BCUT2D eigenvalue weighted by Gasteiger charge is 2.12. The van der Waals surface area contributed by atoms with Gasteiger partial charge in [0.1, 0.15) is 0 Å². The maximum absolute atomic E-state index is 3.74. The third kappa shape index (κ3) is 5.40. The van der Waals surface area contributed by atoms with E-state index in [1.54, 1.807) is 0 Å². The molecule has 1 aromatic rings. The Labute approximate surface area is 135 Å². The van der Waals surface area contributed by atoms with Crippen molar-refractivity contribution in [2.45, 2.75) is 26.9 Å². The Balaban J connectivity index is 1.88. The predicted octanol–water partition coefficient (Wildman–Crippen LogP) is 3.74. The zero-order chi connectivity index (χ0) is 14.4.